The van der Waals surface area contributed by atoms with Crippen molar-refractivity contribution in [2.75, 3.05) is 12.4 Å². The molecule has 2 unspecified atom stereocenters. The van der Waals surface area contributed by atoms with E-state index >= 15 is 0 Å². The minimum absolute atomic E-state index is 0.151. The van der Waals surface area contributed by atoms with Gasteiger partial charge in [-0.25, -0.2) is 13.1 Å². The van der Waals surface area contributed by atoms with Gasteiger partial charge in [0, 0.05) is 0 Å². The minimum Gasteiger partial charge on any atom is -0.480 e. The fraction of sp³-hybridized carbons (Fsp3) is 0.800. The van der Waals surface area contributed by atoms with Crippen molar-refractivity contribution in [3.05, 3.63) is 0 Å². The molecule has 0 rings (SSSR count). The van der Waals surface area contributed by atoms with Gasteiger partial charge in [-0.15, -0.1) is 0 Å². The summed E-state index contributed by atoms with van der Waals surface area (Å²) in [5.41, 5.74) is 0. The summed E-state index contributed by atoms with van der Waals surface area (Å²) in [6, 6.07) is -2.55. The number of hydrogen-bond donors (Lipinski definition) is 4. The summed E-state index contributed by atoms with van der Waals surface area (Å²) in [5, 5.41) is 19.7. The maximum atomic E-state index is 11.6. The third-order valence-electron chi connectivity index (χ3n) is 2.32. The van der Waals surface area contributed by atoms with E-state index in [9.17, 15) is 18.0 Å². The number of unbranched alkanes of at least 4 members (excludes halogenated alkanes) is 1. The van der Waals surface area contributed by atoms with Gasteiger partial charge < -0.3 is 15.5 Å². The van der Waals surface area contributed by atoms with Crippen molar-refractivity contribution in [1.82, 2.24) is 10.0 Å². The minimum atomic E-state index is -3.67. The molecule has 8 nitrogen and oxygen atoms in total. The van der Waals surface area contributed by atoms with Crippen LogP contribution in [0.3, 0.4) is 0 Å². The summed E-state index contributed by atoms with van der Waals surface area (Å²) in [6.07, 6.45) is 1.10. The fourth-order valence-corrected chi connectivity index (χ4v) is 2.56. The molecular weight excluding hydrogens is 276 g/mol. The Morgan fingerprint density at radius 3 is 2.32 bits per heavy atom. The molecule has 0 fully saturated rings. The fourth-order valence-electron chi connectivity index (χ4n) is 1.16. The van der Waals surface area contributed by atoms with Crippen LogP contribution >= 0.6 is 0 Å². The predicted molar refractivity (Wildman–Crippen MR) is 67.9 cm³/mol. The number of sulfonamides is 1. The maximum absolute atomic E-state index is 11.6. The largest absolute Gasteiger partial charge is 0.480 e. The van der Waals surface area contributed by atoms with Crippen molar-refractivity contribution in [1.29, 1.82) is 0 Å². The Labute approximate surface area is 112 Å². The van der Waals surface area contributed by atoms with Gasteiger partial charge in [0.2, 0.25) is 15.9 Å². The number of nitrogens with one attached hydrogen (secondary N) is 2. The Morgan fingerprint density at radius 1 is 1.32 bits per heavy atom. The van der Waals surface area contributed by atoms with E-state index in [0.29, 0.717) is 12.8 Å². The third-order valence-corrected chi connectivity index (χ3v) is 3.79. The zero-order valence-electron chi connectivity index (χ0n) is 10.9. The smallest absolute Gasteiger partial charge is 0.325 e. The van der Waals surface area contributed by atoms with Gasteiger partial charge in [0.05, 0.1) is 12.4 Å². The molecule has 0 aliphatic heterocycles. The number of amides is 1. The molecule has 0 aliphatic rings. The van der Waals surface area contributed by atoms with Crippen molar-refractivity contribution in [3.63, 3.8) is 0 Å². The molecule has 0 aromatic heterocycles. The monoisotopic (exact) mass is 296 g/mol. The van der Waals surface area contributed by atoms with Gasteiger partial charge in [-0.1, -0.05) is 13.3 Å². The highest BCUT2D eigenvalue weighted by molar-refractivity contribution is 7.89. The number of hydrogen-bond acceptors (Lipinski definition) is 5. The Hall–Kier alpha value is -1.19. The summed E-state index contributed by atoms with van der Waals surface area (Å²) in [5.74, 6) is -2.28. The summed E-state index contributed by atoms with van der Waals surface area (Å²) in [4.78, 5) is 22.1. The second-order valence-electron chi connectivity index (χ2n) is 4.09. The average Bonchev–Trinajstić information content (AvgIpc) is 2.33. The first-order chi connectivity index (χ1) is 8.73. The van der Waals surface area contributed by atoms with Crippen LogP contribution in [-0.2, 0) is 19.6 Å². The third kappa shape index (κ3) is 7.09. The van der Waals surface area contributed by atoms with E-state index in [4.69, 9.17) is 10.2 Å². The molecule has 19 heavy (non-hydrogen) atoms. The normalized spacial score (nSPS) is 14.7. The predicted octanol–water partition coefficient (Wildman–Crippen LogP) is -1.34. The van der Waals surface area contributed by atoms with Crippen LogP contribution in [0.25, 0.3) is 0 Å². The lowest BCUT2D eigenvalue weighted by Gasteiger charge is -2.17. The molecule has 0 heterocycles. The van der Waals surface area contributed by atoms with Crippen molar-refractivity contribution < 1.29 is 28.2 Å². The highest BCUT2D eigenvalue weighted by atomic mass is 32.2. The van der Waals surface area contributed by atoms with Gasteiger partial charge in [0.15, 0.2) is 0 Å². The van der Waals surface area contributed by atoms with Gasteiger partial charge >= 0.3 is 5.97 Å². The second-order valence-corrected chi connectivity index (χ2v) is 5.97. The number of carbonyl (C=O) groups excluding carboxylic acids is 1. The molecule has 9 heteroatoms. The van der Waals surface area contributed by atoms with Crippen LogP contribution in [0.1, 0.15) is 26.7 Å². The highest BCUT2D eigenvalue weighted by Crippen LogP contribution is 1.97. The molecule has 0 radical (unpaired) electrons. The topological polar surface area (TPSA) is 133 Å². The first kappa shape index (κ1) is 17.8. The first-order valence-electron chi connectivity index (χ1n) is 5.87. The van der Waals surface area contributed by atoms with E-state index in [2.05, 4.69) is 5.32 Å². The molecule has 1 amide bonds. The molecular formula is C10H20N2O6S. The van der Waals surface area contributed by atoms with Crippen LogP contribution in [0.15, 0.2) is 0 Å². The van der Waals surface area contributed by atoms with E-state index in [1.54, 1.807) is 0 Å². The van der Waals surface area contributed by atoms with Crippen molar-refractivity contribution in [2.45, 2.75) is 38.8 Å². The number of carboxylic acids is 1. The van der Waals surface area contributed by atoms with Gasteiger partial charge in [0.1, 0.15) is 12.1 Å². The molecule has 0 spiro atoms. The quantitative estimate of drug-likeness (QED) is 0.416. The lowest BCUT2D eigenvalue weighted by Crippen LogP contribution is -2.52. The van der Waals surface area contributed by atoms with E-state index in [1.165, 1.54) is 6.92 Å². The van der Waals surface area contributed by atoms with Gasteiger partial charge in [0.25, 0.3) is 0 Å². The number of aliphatic hydroxyl groups is 1. The molecule has 0 aromatic rings. The Morgan fingerprint density at radius 2 is 1.89 bits per heavy atom. The maximum Gasteiger partial charge on any atom is 0.325 e. The van der Waals surface area contributed by atoms with Crippen molar-refractivity contribution in [3.8, 4) is 0 Å². The van der Waals surface area contributed by atoms with E-state index < -0.39 is 40.6 Å². The van der Waals surface area contributed by atoms with Crippen LogP contribution in [0.4, 0.5) is 0 Å². The lowest BCUT2D eigenvalue weighted by atomic mass is 10.2. The van der Waals surface area contributed by atoms with Crippen LogP contribution in [0.2, 0.25) is 0 Å². The SMILES string of the molecule is CCCCS(=O)(=O)NC(CO)C(=O)NC(C)C(=O)O. The zero-order valence-corrected chi connectivity index (χ0v) is 11.7. The number of carbonyl (C=O) groups is 2. The molecule has 112 valence electrons. The molecule has 0 aliphatic carbocycles. The molecule has 0 saturated carbocycles. The highest BCUT2D eigenvalue weighted by Gasteiger charge is 2.25. The summed E-state index contributed by atoms with van der Waals surface area (Å²) in [7, 11) is -3.67. The summed E-state index contributed by atoms with van der Waals surface area (Å²) < 4.78 is 25.2. The van der Waals surface area contributed by atoms with E-state index in [1.807, 2.05) is 11.6 Å². The molecule has 0 aromatic carbocycles. The Bertz CT molecular complexity index is 408. The second kappa shape index (κ2) is 8.08. The number of carboxylic acid groups (broad SMARTS) is 1. The van der Waals surface area contributed by atoms with Crippen LogP contribution in [-0.4, -0.2) is 55.0 Å². The van der Waals surface area contributed by atoms with Gasteiger partial charge in [-0.3, -0.25) is 9.59 Å². The average molecular weight is 296 g/mol. The molecule has 2 atom stereocenters. The van der Waals surface area contributed by atoms with E-state index in [-0.39, 0.29) is 5.75 Å². The molecule has 0 saturated heterocycles. The Balaban J connectivity index is 4.57. The first-order valence-corrected chi connectivity index (χ1v) is 7.52. The molecule has 0 bridgehead atoms. The molecule has 4 N–H and O–H groups in total. The number of aliphatic hydroxyl groups excluding tert-OH is 1. The van der Waals surface area contributed by atoms with Crippen LogP contribution in [0.5, 0.6) is 0 Å². The Kier molecular flexibility index (Phi) is 7.57. The summed E-state index contributed by atoms with van der Waals surface area (Å²) >= 11 is 0. The van der Waals surface area contributed by atoms with Gasteiger partial charge in [-0.2, -0.15) is 0 Å². The number of rotatable bonds is 9. The summed E-state index contributed by atoms with van der Waals surface area (Å²) in [6.45, 7) is 2.31. The van der Waals surface area contributed by atoms with Crippen molar-refractivity contribution in [2.24, 2.45) is 0 Å². The lowest BCUT2D eigenvalue weighted by molar-refractivity contribution is -0.141. The standard InChI is InChI=1S/C10H20N2O6S/c1-3-4-5-19(17,18)12-8(6-13)9(14)11-7(2)10(15)16/h7-8,12-13H,3-6H2,1-2H3,(H,11,14)(H,15,16). The van der Waals surface area contributed by atoms with Gasteiger partial charge in [-0.05, 0) is 13.3 Å². The van der Waals surface area contributed by atoms with E-state index in [0.717, 1.165) is 0 Å². The van der Waals surface area contributed by atoms with Crippen LogP contribution < -0.4 is 10.0 Å². The zero-order chi connectivity index (χ0) is 15.1. The number of aliphatic carboxylic acids is 1. The van der Waals surface area contributed by atoms with Crippen molar-refractivity contribution >= 4 is 21.9 Å². The van der Waals surface area contributed by atoms with Crippen LogP contribution in [0, 0.1) is 0 Å².